The molecule has 0 saturated carbocycles. The number of aromatic nitrogens is 1. The Morgan fingerprint density at radius 2 is 1.81 bits per heavy atom. The maximum Gasteiger partial charge on any atom is 0.357 e. The van der Waals surface area contributed by atoms with Crippen LogP contribution in [0.15, 0.2) is 60.7 Å². The van der Waals surface area contributed by atoms with E-state index in [1.807, 2.05) is 61.5 Å². The lowest BCUT2D eigenvalue weighted by Crippen LogP contribution is -2.07. The topological polar surface area (TPSA) is 39.2 Å². The minimum Gasteiger partial charge on any atom is -0.456 e. The molecule has 104 valence electrons. The number of aryl methyl sites for hydroxylation is 1. The van der Waals surface area contributed by atoms with Gasteiger partial charge in [0.15, 0.2) is 0 Å². The fourth-order valence-corrected chi connectivity index (χ4v) is 2.14. The van der Waals surface area contributed by atoms with Crippen LogP contribution in [0.25, 0.3) is 10.9 Å². The lowest BCUT2D eigenvalue weighted by Gasteiger charge is -2.05. The number of carbonyl (C=O) groups excluding carboxylic acids is 1. The lowest BCUT2D eigenvalue weighted by atomic mass is 10.1. The average molecular weight is 277 g/mol. The van der Waals surface area contributed by atoms with Crippen LogP contribution < -0.4 is 0 Å². The molecule has 0 aliphatic rings. The molecule has 0 saturated heterocycles. The Labute approximate surface area is 123 Å². The van der Waals surface area contributed by atoms with Crippen LogP contribution in [0, 0.1) is 6.92 Å². The molecule has 0 bridgehead atoms. The van der Waals surface area contributed by atoms with Gasteiger partial charge in [-0.3, -0.25) is 0 Å². The van der Waals surface area contributed by atoms with Crippen molar-refractivity contribution in [1.82, 2.24) is 4.98 Å². The Bertz CT molecular complexity index is 782. The first-order valence-corrected chi connectivity index (χ1v) is 6.81. The standard InChI is InChI=1S/C18H15NO2/c1-13-7-8-15-9-10-16(19-17(15)11-13)18(20)21-12-14-5-3-2-4-6-14/h2-11H,12H2,1H3. The number of esters is 1. The molecule has 0 amide bonds. The number of hydrogen-bond donors (Lipinski definition) is 0. The molecule has 0 atom stereocenters. The van der Waals surface area contributed by atoms with Crippen molar-refractivity contribution in [3.8, 4) is 0 Å². The van der Waals surface area contributed by atoms with Crippen LogP contribution in [0.2, 0.25) is 0 Å². The number of nitrogens with zero attached hydrogens (tertiary/aromatic N) is 1. The first-order chi connectivity index (χ1) is 10.2. The van der Waals surface area contributed by atoms with E-state index < -0.39 is 5.97 Å². The van der Waals surface area contributed by atoms with E-state index in [0.29, 0.717) is 5.69 Å². The number of carbonyl (C=O) groups is 1. The summed E-state index contributed by atoms with van der Waals surface area (Å²) in [6, 6.07) is 19.2. The fraction of sp³-hybridized carbons (Fsp3) is 0.111. The summed E-state index contributed by atoms with van der Waals surface area (Å²) < 4.78 is 5.29. The monoisotopic (exact) mass is 277 g/mol. The first-order valence-electron chi connectivity index (χ1n) is 6.81. The van der Waals surface area contributed by atoms with Gasteiger partial charge in [-0.1, -0.05) is 48.5 Å². The van der Waals surface area contributed by atoms with E-state index in [1.165, 1.54) is 0 Å². The van der Waals surface area contributed by atoms with Gasteiger partial charge in [-0.05, 0) is 30.2 Å². The summed E-state index contributed by atoms with van der Waals surface area (Å²) in [6.07, 6.45) is 0. The summed E-state index contributed by atoms with van der Waals surface area (Å²) in [6.45, 7) is 2.26. The van der Waals surface area contributed by atoms with Crippen molar-refractivity contribution in [3.05, 3.63) is 77.5 Å². The molecule has 0 unspecified atom stereocenters. The normalized spacial score (nSPS) is 10.5. The average Bonchev–Trinajstić information content (AvgIpc) is 2.53. The van der Waals surface area contributed by atoms with E-state index in [-0.39, 0.29) is 6.61 Å². The van der Waals surface area contributed by atoms with Gasteiger partial charge >= 0.3 is 5.97 Å². The molecular weight excluding hydrogens is 262 g/mol. The molecule has 3 nitrogen and oxygen atoms in total. The van der Waals surface area contributed by atoms with Crippen LogP contribution in [0.5, 0.6) is 0 Å². The van der Waals surface area contributed by atoms with Crippen molar-refractivity contribution in [1.29, 1.82) is 0 Å². The molecule has 0 fully saturated rings. The number of fused-ring (bicyclic) bond motifs is 1. The summed E-state index contributed by atoms with van der Waals surface area (Å²) in [5.74, 6) is -0.401. The summed E-state index contributed by atoms with van der Waals surface area (Å²) in [7, 11) is 0. The highest BCUT2D eigenvalue weighted by Gasteiger charge is 2.10. The molecule has 3 aromatic rings. The van der Waals surface area contributed by atoms with Gasteiger partial charge in [0, 0.05) is 5.39 Å². The van der Waals surface area contributed by atoms with E-state index >= 15 is 0 Å². The quantitative estimate of drug-likeness (QED) is 0.681. The summed E-state index contributed by atoms with van der Waals surface area (Å²) in [4.78, 5) is 16.4. The Kier molecular flexibility index (Phi) is 3.65. The third-order valence-corrected chi connectivity index (χ3v) is 3.27. The van der Waals surface area contributed by atoms with Gasteiger partial charge in [-0.2, -0.15) is 0 Å². The van der Waals surface area contributed by atoms with Crippen molar-refractivity contribution >= 4 is 16.9 Å². The number of benzene rings is 2. The predicted molar refractivity (Wildman–Crippen MR) is 82.0 cm³/mol. The molecular formula is C18H15NO2. The molecule has 0 spiro atoms. The van der Waals surface area contributed by atoms with Crippen molar-refractivity contribution in [2.75, 3.05) is 0 Å². The second-order valence-corrected chi connectivity index (χ2v) is 4.95. The third kappa shape index (κ3) is 3.08. The van der Waals surface area contributed by atoms with Crippen LogP contribution in [0.3, 0.4) is 0 Å². The van der Waals surface area contributed by atoms with Crippen LogP contribution >= 0.6 is 0 Å². The fourth-order valence-electron chi connectivity index (χ4n) is 2.14. The van der Waals surface area contributed by atoms with E-state index in [1.54, 1.807) is 6.07 Å². The van der Waals surface area contributed by atoms with Gasteiger partial charge in [-0.15, -0.1) is 0 Å². The maximum atomic E-state index is 12.1. The highest BCUT2D eigenvalue weighted by molar-refractivity contribution is 5.91. The molecule has 0 radical (unpaired) electrons. The molecule has 2 aromatic carbocycles. The zero-order valence-corrected chi connectivity index (χ0v) is 11.7. The Morgan fingerprint density at radius 1 is 1.05 bits per heavy atom. The van der Waals surface area contributed by atoms with E-state index in [0.717, 1.165) is 22.0 Å². The van der Waals surface area contributed by atoms with Gasteiger partial charge in [0.05, 0.1) is 5.52 Å². The number of pyridine rings is 1. The maximum absolute atomic E-state index is 12.1. The first kappa shape index (κ1) is 13.3. The van der Waals surface area contributed by atoms with Gasteiger partial charge in [0.2, 0.25) is 0 Å². The molecule has 1 aromatic heterocycles. The van der Waals surface area contributed by atoms with Crippen LogP contribution in [-0.4, -0.2) is 11.0 Å². The molecule has 0 aliphatic carbocycles. The van der Waals surface area contributed by atoms with Gasteiger partial charge in [0.25, 0.3) is 0 Å². The second kappa shape index (κ2) is 5.75. The Morgan fingerprint density at radius 3 is 2.62 bits per heavy atom. The van der Waals surface area contributed by atoms with Crippen LogP contribution in [0.1, 0.15) is 21.6 Å². The van der Waals surface area contributed by atoms with Crippen molar-refractivity contribution < 1.29 is 9.53 Å². The molecule has 0 N–H and O–H groups in total. The minimum absolute atomic E-state index is 0.257. The van der Waals surface area contributed by atoms with Crippen molar-refractivity contribution in [2.24, 2.45) is 0 Å². The highest BCUT2D eigenvalue weighted by atomic mass is 16.5. The van der Waals surface area contributed by atoms with Gasteiger partial charge in [-0.25, -0.2) is 9.78 Å². The zero-order chi connectivity index (χ0) is 14.7. The van der Waals surface area contributed by atoms with E-state index in [9.17, 15) is 4.79 Å². The van der Waals surface area contributed by atoms with E-state index in [4.69, 9.17) is 4.74 Å². The molecule has 1 heterocycles. The Hall–Kier alpha value is -2.68. The molecule has 3 rings (SSSR count). The summed E-state index contributed by atoms with van der Waals surface area (Å²) in [5.41, 5.74) is 3.22. The zero-order valence-electron chi connectivity index (χ0n) is 11.7. The largest absolute Gasteiger partial charge is 0.456 e. The molecule has 0 aliphatic heterocycles. The smallest absolute Gasteiger partial charge is 0.357 e. The minimum atomic E-state index is -0.401. The van der Waals surface area contributed by atoms with E-state index in [2.05, 4.69) is 4.98 Å². The van der Waals surface area contributed by atoms with Crippen LogP contribution in [-0.2, 0) is 11.3 Å². The summed E-state index contributed by atoms with van der Waals surface area (Å²) in [5, 5.41) is 1.01. The van der Waals surface area contributed by atoms with Crippen molar-refractivity contribution in [2.45, 2.75) is 13.5 Å². The van der Waals surface area contributed by atoms with Gasteiger partial charge in [0.1, 0.15) is 12.3 Å². The lowest BCUT2D eigenvalue weighted by molar-refractivity contribution is 0.0466. The number of ether oxygens (including phenoxy) is 1. The van der Waals surface area contributed by atoms with Crippen molar-refractivity contribution in [3.63, 3.8) is 0 Å². The number of hydrogen-bond acceptors (Lipinski definition) is 3. The predicted octanol–water partition coefficient (Wildman–Crippen LogP) is 3.90. The van der Waals surface area contributed by atoms with Crippen LogP contribution in [0.4, 0.5) is 0 Å². The molecule has 21 heavy (non-hydrogen) atoms. The molecule has 3 heteroatoms. The SMILES string of the molecule is Cc1ccc2ccc(C(=O)OCc3ccccc3)nc2c1. The second-order valence-electron chi connectivity index (χ2n) is 4.95. The number of rotatable bonds is 3. The third-order valence-electron chi connectivity index (χ3n) is 3.27. The highest BCUT2D eigenvalue weighted by Crippen LogP contribution is 2.15. The summed E-state index contributed by atoms with van der Waals surface area (Å²) >= 11 is 0. The van der Waals surface area contributed by atoms with Gasteiger partial charge < -0.3 is 4.74 Å². The Balaban J connectivity index is 1.78.